The van der Waals surface area contributed by atoms with Gasteiger partial charge in [0, 0.05) is 6.61 Å². The third kappa shape index (κ3) is 21.1. The highest BCUT2D eigenvalue weighted by Gasteiger charge is 1.80. The first-order chi connectivity index (χ1) is 8.22. The Balaban J connectivity index is 0. The maximum atomic E-state index is 7.57. The van der Waals surface area contributed by atoms with Crippen LogP contribution < -0.4 is 0 Å². The van der Waals surface area contributed by atoms with E-state index >= 15 is 0 Å². The van der Waals surface area contributed by atoms with Gasteiger partial charge in [0.25, 0.3) is 0 Å². The number of unbranched alkanes of at least 4 members (excludes halogenated alkanes) is 4. The second-order valence-corrected chi connectivity index (χ2v) is 4.03. The van der Waals surface area contributed by atoms with Crippen LogP contribution in [0.15, 0.2) is 30.3 Å². The molecule has 0 amide bonds. The number of hydrogen-bond donors (Lipinski definition) is 1. The van der Waals surface area contributed by atoms with Gasteiger partial charge in [-0.15, -0.1) is 0 Å². The molecule has 0 aliphatic heterocycles. The van der Waals surface area contributed by atoms with E-state index in [2.05, 4.69) is 32.9 Å². The molecule has 0 radical (unpaired) electrons. The minimum atomic E-state index is 0.250. The molecule has 0 bridgehead atoms. The van der Waals surface area contributed by atoms with Crippen LogP contribution in [0.5, 0.6) is 0 Å². The van der Waals surface area contributed by atoms with Gasteiger partial charge < -0.3 is 5.11 Å². The van der Waals surface area contributed by atoms with Crippen molar-refractivity contribution >= 4 is 0 Å². The highest BCUT2D eigenvalue weighted by atomic mass is 16.2. The zero-order valence-electron chi connectivity index (χ0n) is 12.1. The lowest BCUT2D eigenvalue weighted by atomic mass is 10.2. The molecule has 0 aromatic heterocycles. The van der Waals surface area contributed by atoms with Crippen LogP contribution >= 0.6 is 0 Å². The number of benzene rings is 1. The van der Waals surface area contributed by atoms with E-state index in [1.165, 1.54) is 37.7 Å². The average molecular weight is 238 g/mol. The van der Waals surface area contributed by atoms with Crippen LogP contribution in [0.4, 0.5) is 0 Å². The molecule has 0 spiro atoms. The average Bonchev–Trinajstić information content (AvgIpc) is 2.33. The standard InChI is InChI=1S/C7H8.C7H16.C2H6O/c1-7-5-3-2-4-6-7;1-3-5-7-6-4-2;1-2-3/h2-6H,1H3;3-7H2,1-2H3;3H,2H2,1H3. The minimum Gasteiger partial charge on any atom is -0.397 e. The maximum absolute atomic E-state index is 7.57. The summed E-state index contributed by atoms with van der Waals surface area (Å²) in [5, 5.41) is 7.57. The largest absolute Gasteiger partial charge is 0.397 e. The summed E-state index contributed by atoms with van der Waals surface area (Å²) in [5.41, 5.74) is 1.32. The summed E-state index contributed by atoms with van der Waals surface area (Å²) < 4.78 is 0. The number of aliphatic hydroxyl groups is 1. The van der Waals surface area contributed by atoms with Gasteiger partial charge in [0.2, 0.25) is 0 Å². The summed E-state index contributed by atoms with van der Waals surface area (Å²) in [6, 6.07) is 10.3. The van der Waals surface area contributed by atoms with Crippen LogP contribution in [-0.4, -0.2) is 11.7 Å². The van der Waals surface area contributed by atoms with Crippen molar-refractivity contribution in [3.63, 3.8) is 0 Å². The number of rotatable bonds is 4. The van der Waals surface area contributed by atoms with Crippen LogP contribution in [0.25, 0.3) is 0 Å². The molecular formula is C16H30O. The summed E-state index contributed by atoms with van der Waals surface area (Å²) in [7, 11) is 0. The molecule has 1 aromatic rings. The lowest BCUT2D eigenvalue weighted by molar-refractivity contribution is 0.318. The van der Waals surface area contributed by atoms with Crippen LogP contribution in [0, 0.1) is 6.92 Å². The van der Waals surface area contributed by atoms with Crippen molar-refractivity contribution in [3.05, 3.63) is 35.9 Å². The van der Waals surface area contributed by atoms with E-state index in [4.69, 9.17) is 5.11 Å². The van der Waals surface area contributed by atoms with Gasteiger partial charge in [0.15, 0.2) is 0 Å². The van der Waals surface area contributed by atoms with E-state index in [1.54, 1.807) is 6.92 Å². The maximum Gasteiger partial charge on any atom is 0.0402 e. The molecule has 0 aliphatic carbocycles. The molecule has 1 rings (SSSR count). The van der Waals surface area contributed by atoms with Gasteiger partial charge in [0.05, 0.1) is 0 Å². The predicted molar refractivity (Wildman–Crippen MR) is 78.4 cm³/mol. The van der Waals surface area contributed by atoms with Gasteiger partial charge in [-0.1, -0.05) is 81.8 Å². The van der Waals surface area contributed by atoms with Crippen molar-refractivity contribution in [1.29, 1.82) is 0 Å². The molecule has 0 saturated carbocycles. The van der Waals surface area contributed by atoms with Crippen molar-refractivity contribution in [1.82, 2.24) is 0 Å². The SMILES string of the molecule is CCCCCCC.CCO.Cc1ccccc1. The highest BCUT2D eigenvalue weighted by molar-refractivity contribution is 5.11. The van der Waals surface area contributed by atoms with Crippen molar-refractivity contribution < 1.29 is 5.11 Å². The normalized spacial score (nSPS) is 8.53. The summed E-state index contributed by atoms with van der Waals surface area (Å²) in [6.45, 7) is 8.51. The summed E-state index contributed by atoms with van der Waals surface area (Å²) in [4.78, 5) is 0. The Bertz CT molecular complexity index is 202. The fourth-order valence-corrected chi connectivity index (χ4v) is 1.21. The zero-order valence-corrected chi connectivity index (χ0v) is 12.1. The van der Waals surface area contributed by atoms with E-state index in [0.717, 1.165) is 0 Å². The van der Waals surface area contributed by atoms with E-state index in [1.807, 2.05) is 18.2 Å². The first-order valence-electron chi connectivity index (χ1n) is 6.85. The molecule has 0 saturated heterocycles. The van der Waals surface area contributed by atoms with E-state index in [-0.39, 0.29) is 6.61 Å². The molecule has 17 heavy (non-hydrogen) atoms. The topological polar surface area (TPSA) is 20.2 Å². The molecule has 0 atom stereocenters. The molecule has 0 unspecified atom stereocenters. The summed E-state index contributed by atoms with van der Waals surface area (Å²) in [5.74, 6) is 0. The second kappa shape index (κ2) is 17.6. The molecule has 1 nitrogen and oxygen atoms in total. The molecule has 100 valence electrons. The van der Waals surface area contributed by atoms with Crippen molar-refractivity contribution in [2.45, 2.75) is 59.8 Å². The molecule has 0 fully saturated rings. The van der Waals surface area contributed by atoms with Crippen molar-refractivity contribution in [2.75, 3.05) is 6.61 Å². The monoisotopic (exact) mass is 238 g/mol. The first-order valence-corrected chi connectivity index (χ1v) is 6.85. The fraction of sp³-hybridized carbons (Fsp3) is 0.625. The van der Waals surface area contributed by atoms with Crippen LogP contribution in [0.3, 0.4) is 0 Å². The van der Waals surface area contributed by atoms with Gasteiger partial charge in [-0.3, -0.25) is 0 Å². The number of aryl methyl sites for hydroxylation is 1. The summed E-state index contributed by atoms with van der Waals surface area (Å²) in [6.07, 6.45) is 7.01. The van der Waals surface area contributed by atoms with E-state index in [9.17, 15) is 0 Å². The predicted octanol–water partition coefficient (Wildman–Crippen LogP) is 4.97. The highest BCUT2D eigenvalue weighted by Crippen LogP contribution is 2.00. The Morgan fingerprint density at radius 2 is 1.24 bits per heavy atom. The molecule has 0 aliphatic rings. The van der Waals surface area contributed by atoms with Gasteiger partial charge in [-0.05, 0) is 13.8 Å². The zero-order chi connectivity index (χ0) is 13.4. The number of hydrogen-bond acceptors (Lipinski definition) is 1. The molecule has 1 N–H and O–H groups in total. The molecular weight excluding hydrogens is 208 g/mol. The third-order valence-electron chi connectivity index (χ3n) is 2.15. The Hall–Kier alpha value is -0.820. The second-order valence-electron chi connectivity index (χ2n) is 4.03. The van der Waals surface area contributed by atoms with E-state index < -0.39 is 0 Å². The Morgan fingerprint density at radius 1 is 0.824 bits per heavy atom. The van der Waals surface area contributed by atoms with Gasteiger partial charge in [-0.2, -0.15) is 0 Å². The van der Waals surface area contributed by atoms with Gasteiger partial charge in [0.1, 0.15) is 0 Å². The van der Waals surface area contributed by atoms with Crippen molar-refractivity contribution in [3.8, 4) is 0 Å². The lowest BCUT2D eigenvalue weighted by Gasteiger charge is -1.90. The number of aliphatic hydroxyl groups excluding tert-OH is 1. The fourth-order valence-electron chi connectivity index (χ4n) is 1.21. The van der Waals surface area contributed by atoms with Gasteiger partial charge >= 0.3 is 0 Å². The van der Waals surface area contributed by atoms with Gasteiger partial charge in [-0.25, -0.2) is 0 Å². The van der Waals surface area contributed by atoms with E-state index in [0.29, 0.717) is 0 Å². The van der Waals surface area contributed by atoms with Crippen LogP contribution in [-0.2, 0) is 0 Å². The lowest BCUT2D eigenvalue weighted by Crippen LogP contribution is -1.70. The van der Waals surface area contributed by atoms with Crippen molar-refractivity contribution in [2.24, 2.45) is 0 Å². The summed E-state index contributed by atoms with van der Waals surface area (Å²) >= 11 is 0. The third-order valence-corrected chi connectivity index (χ3v) is 2.15. The smallest absolute Gasteiger partial charge is 0.0402 e. The first kappa shape index (κ1) is 18.5. The molecule has 1 heteroatoms. The molecule has 1 aromatic carbocycles. The van der Waals surface area contributed by atoms with Crippen LogP contribution in [0.2, 0.25) is 0 Å². The van der Waals surface area contributed by atoms with Crippen LogP contribution in [0.1, 0.15) is 58.4 Å². The minimum absolute atomic E-state index is 0.250. The Kier molecular flexibility index (Phi) is 19.2. The quantitative estimate of drug-likeness (QED) is 0.734. The Morgan fingerprint density at radius 3 is 1.47 bits per heavy atom. The molecule has 0 heterocycles. The Labute approximate surface area is 108 Å².